The second-order valence-electron chi connectivity index (χ2n) is 6.91. The van der Waals surface area contributed by atoms with Crippen molar-refractivity contribution in [3.05, 3.63) is 0 Å². The van der Waals surface area contributed by atoms with E-state index < -0.39 is 9.84 Å². The van der Waals surface area contributed by atoms with Crippen LogP contribution in [0.5, 0.6) is 0 Å². The predicted molar refractivity (Wildman–Crippen MR) is 85.3 cm³/mol. The van der Waals surface area contributed by atoms with E-state index in [-0.39, 0.29) is 5.75 Å². The quantitative estimate of drug-likeness (QED) is 0.848. The molecule has 0 spiro atoms. The van der Waals surface area contributed by atoms with E-state index in [0.29, 0.717) is 22.3 Å². The van der Waals surface area contributed by atoms with Crippen LogP contribution >= 0.6 is 11.8 Å². The van der Waals surface area contributed by atoms with E-state index in [2.05, 4.69) is 20.8 Å². The van der Waals surface area contributed by atoms with Crippen molar-refractivity contribution in [3.8, 4) is 0 Å². The molecule has 0 heterocycles. The smallest absolute Gasteiger partial charge is 0.148 e. The molecule has 1 fully saturated rings. The van der Waals surface area contributed by atoms with Gasteiger partial charge in [-0.05, 0) is 43.1 Å². The van der Waals surface area contributed by atoms with Crippen LogP contribution in [0.4, 0.5) is 0 Å². The first-order valence-corrected chi connectivity index (χ1v) is 10.2. The monoisotopic (exact) mass is 307 g/mol. The largest absolute Gasteiger partial charge is 0.330 e. The third-order valence-corrected chi connectivity index (χ3v) is 6.89. The molecular weight excluding hydrogens is 278 g/mol. The molecule has 2 N–H and O–H groups in total. The first-order valence-electron chi connectivity index (χ1n) is 7.13. The van der Waals surface area contributed by atoms with Gasteiger partial charge in [0.15, 0.2) is 0 Å². The minimum Gasteiger partial charge on any atom is -0.330 e. The lowest BCUT2D eigenvalue weighted by molar-refractivity contribution is 0.157. The topological polar surface area (TPSA) is 60.2 Å². The Morgan fingerprint density at radius 2 is 1.89 bits per heavy atom. The van der Waals surface area contributed by atoms with Gasteiger partial charge in [-0.25, -0.2) is 8.42 Å². The Morgan fingerprint density at radius 1 is 1.26 bits per heavy atom. The maximum absolute atomic E-state index is 11.2. The van der Waals surface area contributed by atoms with Gasteiger partial charge in [-0.3, -0.25) is 0 Å². The molecule has 0 aliphatic heterocycles. The van der Waals surface area contributed by atoms with Crippen molar-refractivity contribution in [1.82, 2.24) is 0 Å². The molecule has 1 aliphatic carbocycles. The summed E-state index contributed by atoms with van der Waals surface area (Å²) in [5, 5.41) is 0.532. The summed E-state index contributed by atoms with van der Waals surface area (Å²) in [5.41, 5.74) is 6.22. The van der Waals surface area contributed by atoms with Crippen molar-refractivity contribution in [1.29, 1.82) is 0 Å². The van der Waals surface area contributed by atoms with Crippen molar-refractivity contribution in [2.75, 3.05) is 24.3 Å². The van der Waals surface area contributed by atoms with E-state index in [1.807, 2.05) is 11.8 Å². The van der Waals surface area contributed by atoms with Crippen molar-refractivity contribution < 1.29 is 8.42 Å². The maximum Gasteiger partial charge on any atom is 0.148 e. The molecule has 5 heteroatoms. The van der Waals surface area contributed by atoms with Gasteiger partial charge in [0.25, 0.3) is 0 Å². The van der Waals surface area contributed by atoms with Crippen molar-refractivity contribution in [2.45, 2.75) is 45.3 Å². The molecule has 1 rings (SSSR count). The minimum absolute atomic E-state index is 0.283. The normalized spacial score (nSPS) is 29.4. The molecule has 0 amide bonds. The highest BCUT2D eigenvalue weighted by molar-refractivity contribution is 8.01. The number of thioether (sulfide) groups is 1. The molecule has 0 aromatic rings. The molecule has 3 atom stereocenters. The molecular formula is C14H29NO2S2. The van der Waals surface area contributed by atoms with Gasteiger partial charge in [-0.15, -0.1) is 0 Å². The average molecular weight is 308 g/mol. The summed E-state index contributed by atoms with van der Waals surface area (Å²) in [6.45, 7) is 7.64. The molecule has 0 bridgehead atoms. The fourth-order valence-corrected chi connectivity index (χ4v) is 5.59. The van der Waals surface area contributed by atoms with Crippen LogP contribution in [0.15, 0.2) is 0 Å². The summed E-state index contributed by atoms with van der Waals surface area (Å²) in [6.07, 6.45) is 4.94. The first-order chi connectivity index (χ1) is 8.63. The Morgan fingerprint density at radius 3 is 2.37 bits per heavy atom. The summed E-state index contributed by atoms with van der Waals surface area (Å²) in [5.74, 6) is 2.27. The zero-order valence-electron chi connectivity index (χ0n) is 12.7. The highest BCUT2D eigenvalue weighted by atomic mass is 32.2. The average Bonchev–Trinajstić information content (AvgIpc) is 2.26. The van der Waals surface area contributed by atoms with E-state index in [1.54, 1.807) is 0 Å². The number of nitrogens with two attached hydrogens (primary N) is 1. The molecule has 3 unspecified atom stereocenters. The van der Waals surface area contributed by atoms with E-state index in [4.69, 9.17) is 5.73 Å². The van der Waals surface area contributed by atoms with Crippen LogP contribution in [-0.4, -0.2) is 38.0 Å². The van der Waals surface area contributed by atoms with Gasteiger partial charge in [-0.2, -0.15) is 11.8 Å². The molecule has 3 nitrogen and oxygen atoms in total. The van der Waals surface area contributed by atoms with Gasteiger partial charge in [0, 0.05) is 17.3 Å². The molecule has 19 heavy (non-hydrogen) atoms. The van der Waals surface area contributed by atoms with E-state index in [1.165, 1.54) is 25.5 Å². The van der Waals surface area contributed by atoms with Gasteiger partial charge < -0.3 is 5.73 Å². The fraction of sp³-hybridized carbons (Fsp3) is 1.00. The molecule has 114 valence electrons. The Balaban J connectivity index is 2.55. The van der Waals surface area contributed by atoms with Crippen LogP contribution in [-0.2, 0) is 9.84 Å². The van der Waals surface area contributed by atoms with Gasteiger partial charge in [-0.1, -0.05) is 20.8 Å². The Hall–Kier alpha value is 0.260. The summed E-state index contributed by atoms with van der Waals surface area (Å²) >= 11 is 1.82. The van der Waals surface area contributed by atoms with Gasteiger partial charge >= 0.3 is 0 Å². The van der Waals surface area contributed by atoms with Gasteiger partial charge in [0.05, 0.1) is 5.75 Å². The highest BCUT2D eigenvalue weighted by Crippen LogP contribution is 2.43. The van der Waals surface area contributed by atoms with Crippen LogP contribution in [0, 0.1) is 17.3 Å². The first kappa shape index (κ1) is 17.3. The van der Waals surface area contributed by atoms with Crippen LogP contribution in [0.25, 0.3) is 0 Å². The number of sulfone groups is 1. The van der Waals surface area contributed by atoms with Crippen molar-refractivity contribution in [2.24, 2.45) is 23.0 Å². The lowest BCUT2D eigenvalue weighted by Crippen LogP contribution is -2.37. The SMILES string of the molecule is CC(C)(C)C1CCC(CN)C(SCCS(C)(=O)=O)C1. The summed E-state index contributed by atoms with van der Waals surface area (Å²) in [7, 11) is -2.84. The fourth-order valence-electron chi connectivity index (χ4n) is 2.80. The summed E-state index contributed by atoms with van der Waals surface area (Å²) < 4.78 is 22.4. The zero-order chi connectivity index (χ0) is 14.7. The lowest BCUT2D eigenvalue weighted by Gasteiger charge is -2.41. The van der Waals surface area contributed by atoms with Crippen molar-refractivity contribution >= 4 is 21.6 Å². The van der Waals surface area contributed by atoms with Crippen molar-refractivity contribution in [3.63, 3.8) is 0 Å². The molecule has 0 saturated heterocycles. The zero-order valence-corrected chi connectivity index (χ0v) is 14.3. The molecule has 0 aromatic carbocycles. The number of hydrogen-bond acceptors (Lipinski definition) is 4. The molecule has 0 aromatic heterocycles. The Bertz CT molecular complexity index is 373. The molecule has 0 radical (unpaired) electrons. The van der Waals surface area contributed by atoms with Gasteiger partial charge in [0.2, 0.25) is 0 Å². The standard InChI is InChI=1S/C14H29NO2S2/c1-14(2,3)12-6-5-11(10-15)13(9-12)18-7-8-19(4,16)17/h11-13H,5-10,15H2,1-4H3. The lowest BCUT2D eigenvalue weighted by atomic mass is 9.69. The third-order valence-electron chi connectivity index (χ3n) is 4.24. The van der Waals surface area contributed by atoms with E-state index in [9.17, 15) is 8.42 Å². The van der Waals surface area contributed by atoms with Crippen LogP contribution in [0.2, 0.25) is 0 Å². The van der Waals surface area contributed by atoms with Gasteiger partial charge in [0.1, 0.15) is 9.84 Å². The second kappa shape index (κ2) is 6.81. The second-order valence-corrected chi connectivity index (χ2v) is 10.5. The van der Waals surface area contributed by atoms with Crippen LogP contribution in [0.3, 0.4) is 0 Å². The molecule has 1 aliphatic rings. The maximum atomic E-state index is 11.2. The predicted octanol–water partition coefficient (Wildman–Crippen LogP) is 2.55. The van der Waals surface area contributed by atoms with E-state index >= 15 is 0 Å². The Kier molecular flexibility index (Phi) is 6.21. The Labute approximate surface area is 123 Å². The summed E-state index contributed by atoms with van der Waals surface area (Å²) in [6, 6.07) is 0. The minimum atomic E-state index is -2.84. The number of rotatable bonds is 5. The van der Waals surface area contributed by atoms with Crippen LogP contribution in [0.1, 0.15) is 40.0 Å². The number of hydrogen-bond donors (Lipinski definition) is 1. The summed E-state index contributed by atoms with van der Waals surface area (Å²) in [4.78, 5) is 0. The van der Waals surface area contributed by atoms with E-state index in [0.717, 1.165) is 12.5 Å². The highest BCUT2D eigenvalue weighted by Gasteiger charge is 2.35. The van der Waals surface area contributed by atoms with Crippen LogP contribution < -0.4 is 5.73 Å². The molecule has 1 saturated carbocycles. The third kappa shape index (κ3) is 6.05.